The average molecular weight is 280 g/mol. The molecule has 21 heavy (non-hydrogen) atoms. The predicted molar refractivity (Wildman–Crippen MR) is 82.8 cm³/mol. The van der Waals surface area contributed by atoms with Crippen LogP contribution in [0.4, 0.5) is 5.69 Å². The molecule has 0 bridgehead atoms. The van der Waals surface area contributed by atoms with Gasteiger partial charge < -0.3 is 16.0 Å². The van der Waals surface area contributed by atoms with E-state index in [9.17, 15) is 4.79 Å². The summed E-state index contributed by atoms with van der Waals surface area (Å²) in [6.07, 6.45) is 1.71. The fourth-order valence-corrected chi connectivity index (χ4v) is 2.28. The molecule has 5 nitrogen and oxygen atoms in total. The molecule has 5 heteroatoms. The molecule has 0 aliphatic carbocycles. The van der Waals surface area contributed by atoms with Gasteiger partial charge in [-0.3, -0.25) is 9.78 Å². The zero-order valence-electron chi connectivity index (χ0n) is 11.6. The highest BCUT2D eigenvalue weighted by molar-refractivity contribution is 6.00. The molecule has 0 aliphatic heterocycles. The summed E-state index contributed by atoms with van der Waals surface area (Å²) < 4.78 is 0. The third-order valence-electron chi connectivity index (χ3n) is 3.41. The van der Waals surface area contributed by atoms with E-state index in [2.05, 4.69) is 15.3 Å². The Morgan fingerprint density at radius 1 is 1.29 bits per heavy atom. The largest absolute Gasteiger partial charge is 0.397 e. The van der Waals surface area contributed by atoms with Crippen LogP contribution < -0.4 is 11.1 Å². The van der Waals surface area contributed by atoms with Crippen LogP contribution in [0.15, 0.2) is 48.7 Å². The first-order valence-corrected chi connectivity index (χ1v) is 6.74. The number of aromatic amines is 1. The fraction of sp³-hybridized carbons (Fsp3) is 0.125. The molecule has 0 saturated carbocycles. The summed E-state index contributed by atoms with van der Waals surface area (Å²) in [5, 5.41) is 3.84. The number of hydrogen-bond acceptors (Lipinski definition) is 3. The number of nitrogens with one attached hydrogen (secondary N) is 2. The summed E-state index contributed by atoms with van der Waals surface area (Å²) in [5.41, 5.74) is 8.62. The van der Waals surface area contributed by atoms with Crippen LogP contribution in [0.5, 0.6) is 0 Å². The number of pyridine rings is 1. The number of benzene rings is 1. The number of anilines is 1. The Hall–Kier alpha value is -2.82. The van der Waals surface area contributed by atoms with Crippen molar-refractivity contribution >= 4 is 22.5 Å². The highest BCUT2D eigenvalue weighted by atomic mass is 16.1. The summed E-state index contributed by atoms with van der Waals surface area (Å²) in [7, 11) is 0. The third kappa shape index (κ3) is 2.58. The lowest BCUT2D eigenvalue weighted by atomic mass is 10.2. The maximum atomic E-state index is 12.3. The maximum Gasteiger partial charge on any atom is 0.268 e. The van der Waals surface area contributed by atoms with Crippen LogP contribution in [0.3, 0.4) is 0 Å². The molecule has 2 aromatic heterocycles. The molecule has 1 atom stereocenters. The Morgan fingerprint density at radius 3 is 2.86 bits per heavy atom. The van der Waals surface area contributed by atoms with Gasteiger partial charge in [0, 0.05) is 11.6 Å². The van der Waals surface area contributed by atoms with Gasteiger partial charge in [-0.25, -0.2) is 0 Å². The number of carbonyl (C=O) groups excluding carboxylic acids is 1. The van der Waals surface area contributed by atoms with E-state index in [1.807, 2.05) is 37.3 Å². The van der Waals surface area contributed by atoms with E-state index in [4.69, 9.17) is 5.73 Å². The number of aromatic nitrogens is 2. The van der Waals surface area contributed by atoms with Gasteiger partial charge >= 0.3 is 0 Å². The number of hydrogen-bond donors (Lipinski definition) is 3. The first-order chi connectivity index (χ1) is 10.1. The van der Waals surface area contributed by atoms with Crippen molar-refractivity contribution in [2.75, 3.05) is 5.73 Å². The highest BCUT2D eigenvalue weighted by Crippen LogP contribution is 2.21. The van der Waals surface area contributed by atoms with Crippen molar-refractivity contribution in [3.05, 3.63) is 60.0 Å². The van der Waals surface area contributed by atoms with Crippen LogP contribution in [0.1, 0.15) is 29.1 Å². The van der Waals surface area contributed by atoms with Crippen molar-refractivity contribution in [1.29, 1.82) is 0 Å². The van der Waals surface area contributed by atoms with Gasteiger partial charge in [0.2, 0.25) is 0 Å². The Kier molecular flexibility index (Phi) is 3.31. The fourth-order valence-electron chi connectivity index (χ4n) is 2.28. The van der Waals surface area contributed by atoms with Gasteiger partial charge in [0.15, 0.2) is 0 Å². The van der Waals surface area contributed by atoms with Gasteiger partial charge in [0.05, 0.1) is 22.9 Å². The molecule has 0 fully saturated rings. The van der Waals surface area contributed by atoms with Crippen molar-refractivity contribution in [1.82, 2.24) is 15.3 Å². The summed E-state index contributed by atoms with van der Waals surface area (Å²) in [5.74, 6) is -0.177. The first-order valence-electron chi connectivity index (χ1n) is 6.74. The van der Waals surface area contributed by atoms with Crippen molar-refractivity contribution in [3.63, 3.8) is 0 Å². The molecule has 3 aromatic rings. The molecule has 4 N–H and O–H groups in total. The molecule has 1 amide bonds. The van der Waals surface area contributed by atoms with Gasteiger partial charge in [-0.1, -0.05) is 18.2 Å². The number of para-hydroxylation sites is 1. The molecule has 2 heterocycles. The molecule has 0 spiro atoms. The molecular formula is C16H16N4O. The number of carbonyl (C=O) groups is 1. The molecule has 1 aromatic carbocycles. The van der Waals surface area contributed by atoms with E-state index in [0.717, 1.165) is 16.6 Å². The standard InChI is InChI=1S/C16H16N4O/c1-10(13-7-2-3-8-18-13)19-16(21)14-9-11-5-4-6-12(17)15(11)20-14/h2-10,20H,17H2,1H3,(H,19,21). The second-order valence-electron chi connectivity index (χ2n) is 4.94. The SMILES string of the molecule is CC(NC(=O)c1cc2cccc(N)c2[nH]1)c1ccccn1. The minimum absolute atomic E-state index is 0.164. The van der Waals surface area contributed by atoms with Crippen LogP contribution in [-0.2, 0) is 0 Å². The van der Waals surface area contributed by atoms with Crippen molar-refractivity contribution in [3.8, 4) is 0 Å². The van der Waals surface area contributed by atoms with Crippen molar-refractivity contribution < 1.29 is 4.79 Å². The highest BCUT2D eigenvalue weighted by Gasteiger charge is 2.14. The van der Waals surface area contributed by atoms with Gasteiger partial charge in [0.1, 0.15) is 5.69 Å². The topological polar surface area (TPSA) is 83.8 Å². The van der Waals surface area contributed by atoms with Gasteiger partial charge in [-0.2, -0.15) is 0 Å². The first kappa shape index (κ1) is 13.2. The molecule has 0 saturated heterocycles. The predicted octanol–water partition coefficient (Wildman–Crippen LogP) is 2.64. The Morgan fingerprint density at radius 2 is 2.14 bits per heavy atom. The van der Waals surface area contributed by atoms with E-state index in [1.54, 1.807) is 18.3 Å². The number of H-pyrrole nitrogens is 1. The summed E-state index contributed by atoms with van der Waals surface area (Å²) in [6, 6.07) is 12.8. The molecule has 0 radical (unpaired) electrons. The number of nitrogens with two attached hydrogens (primary N) is 1. The monoisotopic (exact) mass is 280 g/mol. The molecule has 3 rings (SSSR count). The minimum atomic E-state index is -0.177. The normalized spacial score (nSPS) is 12.2. The molecule has 106 valence electrons. The van der Waals surface area contributed by atoms with Gasteiger partial charge in [-0.15, -0.1) is 0 Å². The second-order valence-corrected chi connectivity index (χ2v) is 4.94. The van der Waals surface area contributed by atoms with Crippen molar-refractivity contribution in [2.24, 2.45) is 0 Å². The Labute approximate surface area is 122 Å². The van der Waals surface area contributed by atoms with E-state index in [-0.39, 0.29) is 11.9 Å². The minimum Gasteiger partial charge on any atom is -0.397 e. The lowest BCUT2D eigenvalue weighted by molar-refractivity contribution is 0.0935. The van der Waals surface area contributed by atoms with Crippen LogP contribution in [-0.4, -0.2) is 15.9 Å². The van der Waals surface area contributed by atoms with E-state index in [0.29, 0.717) is 11.4 Å². The number of rotatable bonds is 3. The number of nitrogens with zero attached hydrogens (tertiary/aromatic N) is 1. The average Bonchev–Trinajstić information content (AvgIpc) is 2.94. The van der Waals surface area contributed by atoms with E-state index < -0.39 is 0 Å². The van der Waals surface area contributed by atoms with Gasteiger partial charge in [0.25, 0.3) is 5.91 Å². The molecule has 0 aliphatic rings. The number of amides is 1. The van der Waals surface area contributed by atoms with Crippen LogP contribution in [0.2, 0.25) is 0 Å². The Bertz CT molecular complexity index is 779. The molecule has 1 unspecified atom stereocenters. The van der Waals surface area contributed by atoms with E-state index in [1.165, 1.54) is 0 Å². The maximum absolute atomic E-state index is 12.3. The van der Waals surface area contributed by atoms with Crippen molar-refractivity contribution in [2.45, 2.75) is 13.0 Å². The van der Waals surface area contributed by atoms with Crippen LogP contribution in [0.25, 0.3) is 10.9 Å². The molecular weight excluding hydrogens is 264 g/mol. The second kappa shape index (κ2) is 5.28. The number of nitrogen functional groups attached to an aromatic ring is 1. The lowest BCUT2D eigenvalue weighted by Gasteiger charge is -2.12. The summed E-state index contributed by atoms with van der Waals surface area (Å²) in [4.78, 5) is 19.6. The quantitative estimate of drug-likeness (QED) is 0.645. The zero-order valence-corrected chi connectivity index (χ0v) is 11.6. The number of fused-ring (bicyclic) bond motifs is 1. The zero-order chi connectivity index (χ0) is 14.8. The summed E-state index contributed by atoms with van der Waals surface area (Å²) in [6.45, 7) is 1.90. The smallest absolute Gasteiger partial charge is 0.268 e. The summed E-state index contributed by atoms with van der Waals surface area (Å²) >= 11 is 0. The van der Waals surface area contributed by atoms with E-state index >= 15 is 0 Å². The third-order valence-corrected chi connectivity index (χ3v) is 3.41. The van der Waals surface area contributed by atoms with Crippen LogP contribution in [0, 0.1) is 0 Å². The Balaban J connectivity index is 1.82. The lowest BCUT2D eigenvalue weighted by Crippen LogP contribution is -2.27. The van der Waals surface area contributed by atoms with Gasteiger partial charge in [-0.05, 0) is 31.2 Å². The van der Waals surface area contributed by atoms with Crippen LogP contribution >= 0.6 is 0 Å².